The Morgan fingerprint density at radius 3 is 2.08 bits per heavy atom. The molecule has 3 rings (SSSR count). The van der Waals surface area contributed by atoms with Gasteiger partial charge >= 0.3 is 0 Å². The second-order valence-electron chi connectivity index (χ2n) is 8.18. The maximum absolute atomic E-state index is 4.57. The zero-order valence-electron chi connectivity index (χ0n) is 15.9. The average molecular weight is 329 g/mol. The largest absolute Gasteiger partial charge is 0.256 e. The summed E-state index contributed by atoms with van der Waals surface area (Å²) < 4.78 is 0. The highest BCUT2D eigenvalue weighted by atomic mass is 14.7. The molecule has 1 nitrogen and oxygen atoms in total. The molecule has 0 radical (unpaired) electrons. The molecule has 3 aromatic rings. The van der Waals surface area contributed by atoms with Crippen molar-refractivity contribution >= 4 is 0 Å². The van der Waals surface area contributed by atoms with E-state index in [1.165, 1.54) is 33.4 Å². The van der Waals surface area contributed by atoms with Gasteiger partial charge in [-0.2, -0.15) is 0 Å². The van der Waals surface area contributed by atoms with Crippen LogP contribution in [0.3, 0.4) is 0 Å². The van der Waals surface area contributed by atoms with Crippen molar-refractivity contribution in [3.63, 3.8) is 0 Å². The SMILES string of the molecule is Cc1ccc(-c2ccc(C)c(-c3ccc(CC(C)(C)C)cc3)c2)nc1. The fourth-order valence-corrected chi connectivity index (χ4v) is 3.15. The molecule has 128 valence electrons. The third-order valence-corrected chi connectivity index (χ3v) is 4.44. The highest BCUT2D eigenvalue weighted by Crippen LogP contribution is 2.30. The molecule has 0 amide bonds. The van der Waals surface area contributed by atoms with Gasteiger partial charge in [0.15, 0.2) is 0 Å². The van der Waals surface area contributed by atoms with Crippen LogP contribution in [0.4, 0.5) is 0 Å². The minimum atomic E-state index is 0.314. The molecular weight excluding hydrogens is 302 g/mol. The molecule has 1 heterocycles. The molecule has 1 heteroatoms. The van der Waals surface area contributed by atoms with Crippen molar-refractivity contribution in [3.8, 4) is 22.4 Å². The number of aryl methyl sites for hydroxylation is 2. The summed E-state index contributed by atoms with van der Waals surface area (Å²) in [5, 5.41) is 0. The number of nitrogens with zero attached hydrogens (tertiary/aromatic N) is 1. The van der Waals surface area contributed by atoms with Crippen LogP contribution in [-0.4, -0.2) is 4.98 Å². The topological polar surface area (TPSA) is 12.9 Å². The minimum Gasteiger partial charge on any atom is -0.256 e. The van der Waals surface area contributed by atoms with Crippen LogP contribution < -0.4 is 0 Å². The molecule has 25 heavy (non-hydrogen) atoms. The number of aromatic nitrogens is 1. The van der Waals surface area contributed by atoms with E-state index in [0.29, 0.717) is 5.41 Å². The summed E-state index contributed by atoms with van der Waals surface area (Å²) in [5.41, 5.74) is 8.92. The third-order valence-electron chi connectivity index (χ3n) is 4.44. The zero-order valence-corrected chi connectivity index (χ0v) is 15.9. The van der Waals surface area contributed by atoms with Crippen molar-refractivity contribution in [2.45, 2.75) is 41.0 Å². The molecule has 0 aliphatic rings. The maximum Gasteiger partial charge on any atom is 0.0702 e. The summed E-state index contributed by atoms with van der Waals surface area (Å²) in [4.78, 5) is 4.57. The number of rotatable bonds is 3. The molecule has 0 saturated carbocycles. The Morgan fingerprint density at radius 2 is 1.48 bits per heavy atom. The molecule has 0 aliphatic carbocycles. The van der Waals surface area contributed by atoms with E-state index in [0.717, 1.165) is 12.1 Å². The summed E-state index contributed by atoms with van der Waals surface area (Å²) in [5.74, 6) is 0. The Balaban J connectivity index is 1.94. The van der Waals surface area contributed by atoms with Gasteiger partial charge in [0.25, 0.3) is 0 Å². The van der Waals surface area contributed by atoms with E-state index in [1.807, 2.05) is 6.20 Å². The van der Waals surface area contributed by atoms with Crippen molar-refractivity contribution in [2.24, 2.45) is 5.41 Å². The lowest BCUT2D eigenvalue weighted by atomic mass is 9.87. The van der Waals surface area contributed by atoms with Crippen LogP contribution in [0.15, 0.2) is 60.8 Å². The normalized spacial score (nSPS) is 11.6. The summed E-state index contributed by atoms with van der Waals surface area (Å²) in [7, 11) is 0. The van der Waals surface area contributed by atoms with Gasteiger partial charge < -0.3 is 0 Å². The van der Waals surface area contributed by atoms with Crippen LogP contribution >= 0.6 is 0 Å². The van der Waals surface area contributed by atoms with Gasteiger partial charge in [-0.05, 0) is 65.6 Å². The first-order chi connectivity index (χ1) is 11.8. The number of benzene rings is 2. The summed E-state index contributed by atoms with van der Waals surface area (Å²) in [6, 6.07) is 19.8. The summed E-state index contributed by atoms with van der Waals surface area (Å²) in [6.45, 7) is 11.1. The first-order valence-electron chi connectivity index (χ1n) is 8.95. The summed E-state index contributed by atoms with van der Waals surface area (Å²) in [6.07, 6.45) is 3.02. The molecule has 2 aromatic carbocycles. The van der Waals surface area contributed by atoms with E-state index in [-0.39, 0.29) is 0 Å². The van der Waals surface area contributed by atoms with Gasteiger partial charge in [0.05, 0.1) is 5.69 Å². The first kappa shape index (κ1) is 17.4. The van der Waals surface area contributed by atoms with E-state index >= 15 is 0 Å². The Labute approximate surface area is 151 Å². The predicted molar refractivity (Wildman–Crippen MR) is 108 cm³/mol. The van der Waals surface area contributed by atoms with E-state index < -0.39 is 0 Å². The van der Waals surface area contributed by atoms with Crippen molar-refractivity contribution < 1.29 is 0 Å². The lowest BCUT2D eigenvalue weighted by Crippen LogP contribution is -2.08. The highest BCUT2D eigenvalue weighted by molar-refractivity contribution is 5.74. The van der Waals surface area contributed by atoms with Crippen LogP contribution in [0, 0.1) is 19.3 Å². The molecule has 0 saturated heterocycles. The third kappa shape index (κ3) is 4.36. The maximum atomic E-state index is 4.57. The Kier molecular flexibility index (Phi) is 4.76. The number of hydrogen-bond acceptors (Lipinski definition) is 1. The molecule has 0 atom stereocenters. The first-order valence-corrected chi connectivity index (χ1v) is 8.95. The van der Waals surface area contributed by atoms with Crippen LogP contribution in [-0.2, 0) is 6.42 Å². The van der Waals surface area contributed by atoms with Gasteiger partial charge in [0.2, 0.25) is 0 Å². The molecule has 0 bridgehead atoms. The fourth-order valence-electron chi connectivity index (χ4n) is 3.15. The van der Waals surface area contributed by atoms with Gasteiger partial charge in [-0.25, -0.2) is 0 Å². The van der Waals surface area contributed by atoms with Gasteiger partial charge in [-0.3, -0.25) is 4.98 Å². The second-order valence-corrected chi connectivity index (χ2v) is 8.18. The Bertz CT molecular complexity index is 850. The number of pyridine rings is 1. The van der Waals surface area contributed by atoms with E-state index in [4.69, 9.17) is 0 Å². The summed E-state index contributed by atoms with van der Waals surface area (Å²) >= 11 is 0. The van der Waals surface area contributed by atoms with Crippen molar-refractivity contribution in [1.82, 2.24) is 4.98 Å². The Hall–Kier alpha value is -2.41. The zero-order chi connectivity index (χ0) is 18.0. The quantitative estimate of drug-likeness (QED) is 0.526. The van der Waals surface area contributed by atoms with Crippen molar-refractivity contribution in [2.75, 3.05) is 0 Å². The minimum absolute atomic E-state index is 0.314. The molecule has 0 N–H and O–H groups in total. The van der Waals surface area contributed by atoms with Gasteiger partial charge in [0, 0.05) is 11.8 Å². The van der Waals surface area contributed by atoms with Crippen LogP contribution in [0.25, 0.3) is 22.4 Å². The lowest BCUT2D eigenvalue weighted by Gasteiger charge is -2.18. The van der Waals surface area contributed by atoms with E-state index in [9.17, 15) is 0 Å². The second kappa shape index (κ2) is 6.84. The molecule has 0 fully saturated rings. The smallest absolute Gasteiger partial charge is 0.0702 e. The molecular formula is C24H27N. The molecule has 0 aliphatic heterocycles. The number of hydrogen-bond donors (Lipinski definition) is 0. The fraction of sp³-hybridized carbons (Fsp3) is 0.292. The van der Waals surface area contributed by atoms with Crippen molar-refractivity contribution in [3.05, 3.63) is 77.5 Å². The van der Waals surface area contributed by atoms with Crippen LogP contribution in [0.1, 0.15) is 37.5 Å². The van der Waals surface area contributed by atoms with Crippen molar-refractivity contribution in [1.29, 1.82) is 0 Å². The van der Waals surface area contributed by atoms with Gasteiger partial charge in [-0.15, -0.1) is 0 Å². The standard InChI is InChI=1S/C24H27N/c1-17-6-13-23(25-16-17)21-10-7-18(2)22(14-21)20-11-8-19(9-12-20)15-24(3,4)5/h6-14,16H,15H2,1-5H3. The average Bonchev–Trinajstić information content (AvgIpc) is 2.56. The Morgan fingerprint density at radius 1 is 0.800 bits per heavy atom. The lowest BCUT2D eigenvalue weighted by molar-refractivity contribution is 0.411. The predicted octanol–water partition coefficient (Wildman–Crippen LogP) is 6.62. The monoisotopic (exact) mass is 329 g/mol. The van der Waals surface area contributed by atoms with E-state index in [1.54, 1.807) is 0 Å². The molecule has 1 aromatic heterocycles. The molecule has 0 unspecified atom stereocenters. The highest BCUT2D eigenvalue weighted by Gasteiger charge is 2.12. The molecule has 0 spiro atoms. The van der Waals surface area contributed by atoms with Crippen LogP contribution in [0.5, 0.6) is 0 Å². The van der Waals surface area contributed by atoms with E-state index in [2.05, 4.69) is 94.2 Å². The van der Waals surface area contributed by atoms with Gasteiger partial charge in [-0.1, -0.05) is 63.2 Å². The van der Waals surface area contributed by atoms with Crippen LogP contribution in [0.2, 0.25) is 0 Å². The van der Waals surface area contributed by atoms with Gasteiger partial charge in [0.1, 0.15) is 0 Å².